The fourth-order valence-corrected chi connectivity index (χ4v) is 3.39. The number of likely N-dealkylation sites (N-methyl/N-ethyl adjacent to an activating group) is 1. The quantitative estimate of drug-likeness (QED) is 0.777. The highest BCUT2D eigenvalue weighted by molar-refractivity contribution is 14.1. The molecule has 2 nitrogen and oxygen atoms in total. The van der Waals surface area contributed by atoms with Crippen LogP contribution in [0, 0.1) is 17.4 Å². The SMILES string of the molecule is CCNC(Cc1nc(C)c(C)s1)c1ccc(I)cc1. The summed E-state index contributed by atoms with van der Waals surface area (Å²) < 4.78 is 1.28. The molecule has 4 heteroatoms. The first-order valence-electron chi connectivity index (χ1n) is 6.52. The summed E-state index contributed by atoms with van der Waals surface area (Å²) in [7, 11) is 0. The third-order valence-corrected chi connectivity index (χ3v) is 4.99. The van der Waals surface area contributed by atoms with Gasteiger partial charge in [0.15, 0.2) is 0 Å². The molecule has 2 aromatic rings. The molecule has 0 aliphatic carbocycles. The van der Waals surface area contributed by atoms with Crippen LogP contribution in [0.1, 0.15) is 34.1 Å². The molecule has 1 aromatic carbocycles. The molecule has 1 unspecified atom stereocenters. The molecule has 0 radical (unpaired) electrons. The summed E-state index contributed by atoms with van der Waals surface area (Å²) in [6.45, 7) is 7.35. The van der Waals surface area contributed by atoms with Gasteiger partial charge in [0.05, 0.1) is 10.7 Å². The van der Waals surface area contributed by atoms with Crippen molar-refractivity contribution in [1.29, 1.82) is 0 Å². The third kappa shape index (κ3) is 4.00. The van der Waals surface area contributed by atoms with Gasteiger partial charge in [-0.2, -0.15) is 0 Å². The number of halogens is 1. The summed E-state index contributed by atoms with van der Waals surface area (Å²) in [4.78, 5) is 5.98. The van der Waals surface area contributed by atoms with Crippen molar-refractivity contribution in [3.8, 4) is 0 Å². The van der Waals surface area contributed by atoms with Gasteiger partial charge < -0.3 is 5.32 Å². The largest absolute Gasteiger partial charge is 0.310 e. The van der Waals surface area contributed by atoms with Crippen LogP contribution in [0.2, 0.25) is 0 Å². The zero-order chi connectivity index (χ0) is 13.8. The Morgan fingerprint density at radius 1 is 1.26 bits per heavy atom. The monoisotopic (exact) mass is 386 g/mol. The maximum absolute atomic E-state index is 4.65. The summed E-state index contributed by atoms with van der Waals surface area (Å²) in [5, 5.41) is 4.78. The predicted molar refractivity (Wildman–Crippen MR) is 90.9 cm³/mol. The zero-order valence-electron chi connectivity index (χ0n) is 11.5. The number of aromatic nitrogens is 1. The van der Waals surface area contributed by atoms with Crippen LogP contribution in [0.15, 0.2) is 24.3 Å². The standard InChI is InChI=1S/C15H19IN2S/c1-4-17-14(12-5-7-13(16)8-6-12)9-15-18-10(2)11(3)19-15/h5-8,14,17H,4,9H2,1-3H3. The molecular formula is C15H19IN2S. The summed E-state index contributed by atoms with van der Waals surface area (Å²) in [5.41, 5.74) is 2.51. The molecule has 0 fully saturated rings. The minimum Gasteiger partial charge on any atom is -0.310 e. The lowest BCUT2D eigenvalue weighted by molar-refractivity contribution is 0.548. The molecule has 0 saturated heterocycles. The normalized spacial score (nSPS) is 12.6. The van der Waals surface area contributed by atoms with Crippen molar-refractivity contribution >= 4 is 33.9 Å². The van der Waals surface area contributed by atoms with E-state index in [2.05, 4.69) is 77.9 Å². The number of benzene rings is 1. The Labute approximate surface area is 132 Å². The van der Waals surface area contributed by atoms with E-state index < -0.39 is 0 Å². The molecule has 0 aliphatic heterocycles. The van der Waals surface area contributed by atoms with Crippen LogP contribution < -0.4 is 5.32 Å². The van der Waals surface area contributed by atoms with E-state index in [4.69, 9.17) is 0 Å². The Morgan fingerprint density at radius 2 is 1.95 bits per heavy atom. The molecule has 19 heavy (non-hydrogen) atoms. The van der Waals surface area contributed by atoms with Crippen molar-refractivity contribution in [3.63, 3.8) is 0 Å². The number of aryl methyl sites for hydroxylation is 2. The number of hydrogen-bond acceptors (Lipinski definition) is 3. The first kappa shape index (κ1) is 14.9. The van der Waals surface area contributed by atoms with Crippen LogP contribution in [-0.2, 0) is 6.42 Å². The fraction of sp³-hybridized carbons (Fsp3) is 0.400. The van der Waals surface area contributed by atoms with Crippen LogP contribution in [0.4, 0.5) is 0 Å². The summed E-state index contributed by atoms with van der Waals surface area (Å²) in [6, 6.07) is 9.11. The maximum Gasteiger partial charge on any atom is 0.0949 e. The Hall–Kier alpha value is -0.460. The van der Waals surface area contributed by atoms with E-state index in [-0.39, 0.29) is 0 Å². The van der Waals surface area contributed by atoms with Gasteiger partial charge in [-0.3, -0.25) is 0 Å². The molecule has 1 heterocycles. The number of hydrogen-bond donors (Lipinski definition) is 1. The summed E-state index contributed by atoms with van der Waals surface area (Å²) >= 11 is 4.16. The molecule has 1 aromatic heterocycles. The van der Waals surface area contributed by atoms with Crippen LogP contribution in [-0.4, -0.2) is 11.5 Å². The Balaban J connectivity index is 2.18. The van der Waals surface area contributed by atoms with Gasteiger partial charge in [0, 0.05) is 20.9 Å². The van der Waals surface area contributed by atoms with Gasteiger partial charge in [0.2, 0.25) is 0 Å². The molecule has 0 aliphatic rings. The second-order valence-corrected chi connectivity index (χ2v) is 7.15. The van der Waals surface area contributed by atoms with Gasteiger partial charge in [-0.25, -0.2) is 4.98 Å². The number of nitrogens with zero attached hydrogens (tertiary/aromatic N) is 1. The van der Waals surface area contributed by atoms with Crippen LogP contribution in [0.25, 0.3) is 0 Å². The van der Waals surface area contributed by atoms with E-state index in [1.807, 2.05) is 11.3 Å². The lowest BCUT2D eigenvalue weighted by Gasteiger charge is -2.17. The van der Waals surface area contributed by atoms with Crippen LogP contribution >= 0.6 is 33.9 Å². The van der Waals surface area contributed by atoms with Crippen molar-refractivity contribution in [1.82, 2.24) is 10.3 Å². The fourth-order valence-electron chi connectivity index (χ4n) is 2.05. The van der Waals surface area contributed by atoms with Gasteiger partial charge in [0.25, 0.3) is 0 Å². The molecule has 1 atom stereocenters. The van der Waals surface area contributed by atoms with E-state index in [1.165, 1.54) is 19.0 Å². The van der Waals surface area contributed by atoms with Gasteiger partial charge in [-0.05, 0) is 60.7 Å². The maximum atomic E-state index is 4.65. The topological polar surface area (TPSA) is 24.9 Å². The van der Waals surface area contributed by atoms with Gasteiger partial charge in [-0.15, -0.1) is 11.3 Å². The van der Waals surface area contributed by atoms with Crippen molar-refractivity contribution in [2.75, 3.05) is 6.54 Å². The van der Waals surface area contributed by atoms with E-state index in [1.54, 1.807) is 0 Å². The Morgan fingerprint density at radius 3 is 2.47 bits per heavy atom. The molecular weight excluding hydrogens is 367 g/mol. The predicted octanol–water partition coefficient (Wildman–Crippen LogP) is 4.26. The van der Waals surface area contributed by atoms with Crippen molar-refractivity contribution in [3.05, 3.63) is 49.0 Å². The average Bonchev–Trinajstić information content (AvgIpc) is 2.69. The Bertz CT molecular complexity index is 514. The molecule has 0 spiro atoms. The molecule has 0 bridgehead atoms. The van der Waals surface area contributed by atoms with Gasteiger partial charge in [0.1, 0.15) is 0 Å². The van der Waals surface area contributed by atoms with Crippen LogP contribution in [0.3, 0.4) is 0 Å². The van der Waals surface area contributed by atoms with Crippen molar-refractivity contribution < 1.29 is 0 Å². The van der Waals surface area contributed by atoms with Crippen molar-refractivity contribution in [2.24, 2.45) is 0 Å². The molecule has 1 N–H and O–H groups in total. The molecule has 0 amide bonds. The number of rotatable bonds is 5. The molecule has 0 saturated carbocycles. The molecule has 102 valence electrons. The van der Waals surface area contributed by atoms with Gasteiger partial charge >= 0.3 is 0 Å². The van der Waals surface area contributed by atoms with E-state index in [0.717, 1.165) is 18.7 Å². The highest BCUT2D eigenvalue weighted by Gasteiger charge is 2.14. The summed E-state index contributed by atoms with van der Waals surface area (Å²) in [5.74, 6) is 0. The van der Waals surface area contributed by atoms with Gasteiger partial charge in [-0.1, -0.05) is 19.1 Å². The highest BCUT2D eigenvalue weighted by Crippen LogP contribution is 2.24. The Kier molecular flexibility index (Phi) is 5.36. The van der Waals surface area contributed by atoms with E-state index >= 15 is 0 Å². The number of thiazole rings is 1. The highest BCUT2D eigenvalue weighted by atomic mass is 127. The smallest absolute Gasteiger partial charge is 0.0949 e. The lowest BCUT2D eigenvalue weighted by Crippen LogP contribution is -2.22. The second-order valence-electron chi connectivity index (χ2n) is 4.62. The van der Waals surface area contributed by atoms with E-state index in [9.17, 15) is 0 Å². The second kappa shape index (κ2) is 6.81. The third-order valence-electron chi connectivity index (χ3n) is 3.17. The zero-order valence-corrected chi connectivity index (χ0v) is 14.5. The minimum atomic E-state index is 0.354. The first-order valence-corrected chi connectivity index (χ1v) is 8.41. The van der Waals surface area contributed by atoms with Crippen molar-refractivity contribution in [2.45, 2.75) is 33.2 Å². The lowest BCUT2D eigenvalue weighted by atomic mass is 10.0. The van der Waals surface area contributed by atoms with Crippen LogP contribution in [0.5, 0.6) is 0 Å². The molecule has 2 rings (SSSR count). The summed E-state index contributed by atoms with van der Waals surface area (Å²) in [6.07, 6.45) is 0.966. The minimum absolute atomic E-state index is 0.354. The first-order chi connectivity index (χ1) is 9.10. The number of nitrogens with one attached hydrogen (secondary N) is 1. The average molecular weight is 386 g/mol. The van der Waals surface area contributed by atoms with E-state index in [0.29, 0.717) is 6.04 Å².